The molecular weight excluding hydrogens is 172 g/mol. The lowest BCUT2D eigenvalue weighted by molar-refractivity contribution is 0.561. The number of hydrogen-bond donors (Lipinski definition) is 0. The second kappa shape index (κ2) is 3.33. The van der Waals surface area contributed by atoms with Crippen LogP contribution in [0.5, 0.6) is 0 Å². The highest BCUT2D eigenvalue weighted by molar-refractivity contribution is 5.82. The normalized spacial score (nSPS) is 10.7. The Bertz CT molecular complexity index is 477. The first kappa shape index (κ1) is 9.07. The van der Waals surface area contributed by atoms with Crippen molar-refractivity contribution in [2.75, 3.05) is 0 Å². The molecule has 0 aliphatic rings. The summed E-state index contributed by atoms with van der Waals surface area (Å²) < 4.78 is 5.75. The number of aryl methyl sites for hydroxylation is 2. The number of benzene rings is 1. The first-order chi connectivity index (χ1) is 6.72. The van der Waals surface area contributed by atoms with E-state index in [1.54, 1.807) is 0 Å². The van der Waals surface area contributed by atoms with Crippen molar-refractivity contribution in [1.82, 2.24) is 0 Å². The number of fused-ring (bicyclic) bond motifs is 1. The Balaban J connectivity index is 2.66. The average Bonchev–Trinajstić information content (AvgIpc) is 2.44. The fourth-order valence-corrected chi connectivity index (χ4v) is 1.71. The van der Waals surface area contributed by atoms with Gasteiger partial charge in [0.05, 0.1) is 0 Å². The van der Waals surface area contributed by atoms with Crippen LogP contribution in [-0.2, 0) is 6.42 Å². The Morgan fingerprint density at radius 1 is 1.36 bits per heavy atom. The molecule has 0 N–H and O–H groups in total. The van der Waals surface area contributed by atoms with Crippen LogP contribution in [0.4, 0.5) is 0 Å². The fraction of sp³-hybridized carbons (Fsp3) is 0.231. The SMILES string of the molecule is C=CCc1oc2cc(C)ccc2c1C. The van der Waals surface area contributed by atoms with Crippen LogP contribution in [0.1, 0.15) is 16.9 Å². The third kappa shape index (κ3) is 1.35. The van der Waals surface area contributed by atoms with E-state index in [9.17, 15) is 0 Å². The Morgan fingerprint density at radius 3 is 2.86 bits per heavy atom. The molecule has 0 radical (unpaired) electrons. The molecule has 0 spiro atoms. The van der Waals surface area contributed by atoms with Crippen LogP contribution < -0.4 is 0 Å². The molecule has 0 aliphatic heterocycles. The highest BCUT2D eigenvalue weighted by Gasteiger charge is 2.08. The highest BCUT2D eigenvalue weighted by atomic mass is 16.3. The molecular formula is C13H14O. The lowest BCUT2D eigenvalue weighted by Crippen LogP contribution is -1.78. The molecule has 1 aromatic heterocycles. The van der Waals surface area contributed by atoms with Crippen molar-refractivity contribution in [3.63, 3.8) is 0 Å². The maximum Gasteiger partial charge on any atom is 0.134 e. The minimum atomic E-state index is 0.805. The minimum absolute atomic E-state index is 0.805. The van der Waals surface area contributed by atoms with Gasteiger partial charge < -0.3 is 4.42 Å². The predicted octanol–water partition coefficient (Wildman–Crippen LogP) is 3.78. The van der Waals surface area contributed by atoms with Gasteiger partial charge in [-0.05, 0) is 31.0 Å². The molecule has 2 rings (SSSR count). The van der Waals surface area contributed by atoms with Crippen LogP contribution in [0.3, 0.4) is 0 Å². The van der Waals surface area contributed by atoms with Gasteiger partial charge in [-0.1, -0.05) is 18.2 Å². The summed E-state index contributed by atoms with van der Waals surface area (Å²) in [5.74, 6) is 1.03. The van der Waals surface area contributed by atoms with Crippen LogP contribution >= 0.6 is 0 Å². The van der Waals surface area contributed by atoms with Gasteiger partial charge in [0, 0.05) is 11.8 Å². The van der Waals surface area contributed by atoms with Crippen molar-refractivity contribution in [3.05, 3.63) is 47.7 Å². The van der Waals surface area contributed by atoms with E-state index in [-0.39, 0.29) is 0 Å². The maximum absolute atomic E-state index is 5.75. The van der Waals surface area contributed by atoms with E-state index in [0.717, 1.165) is 17.8 Å². The van der Waals surface area contributed by atoms with E-state index in [0.29, 0.717) is 0 Å². The summed E-state index contributed by atoms with van der Waals surface area (Å²) in [6.45, 7) is 7.90. The summed E-state index contributed by atoms with van der Waals surface area (Å²) in [5.41, 5.74) is 3.45. The van der Waals surface area contributed by atoms with Crippen molar-refractivity contribution >= 4 is 11.0 Å². The zero-order valence-corrected chi connectivity index (χ0v) is 8.63. The van der Waals surface area contributed by atoms with E-state index >= 15 is 0 Å². The van der Waals surface area contributed by atoms with Gasteiger partial charge in [-0.15, -0.1) is 6.58 Å². The molecule has 0 amide bonds. The Kier molecular flexibility index (Phi) is 2.16. The van der Waals surface area contributed by atoms with Crippen molar-refractivity contribution in [1.29, 1.82) is 0 Å². The van der Waals surface area contributed by atoms with Gasteiger partial charge >= 0.3 is 0 Å². The van der Waals surface area contributed by atoms with Gasteiger partial charge in [0.25, 0.3) is 0 Å². The number of hydrogen-bond acceptors (Lipinski definition) is 1. The van der Waals surface area contributed by atoms with E-state index < -0.39 is 0 Å². The first-order valence-corrected chi connectivity index (χ1v) is 4.82. The van der Waals surface area contributed by atoms with E-state index in [4.69, 9.17) is 4.42 Å². The second-order valence-corrected chi connectivity index (χ2v) is 3.64. The Labute approximate surface area is 84.0 Å². The zero-order valence-electron chi connectivity index (χ0n) is 8.63. The first-order valence-electron chi connectivity index (χ1n) is 4.82. The molecule has 0 atom stereocenters. The molecule has 72 valence electrons. The molecule has 1 nitrogen and oxygen atoms in total. The van der Waals surface area contributed by atoms with Gasteiger partial charge in [-0.25, -0.2) is 0 Å². The summed E-state index contributed by atoms with van der Waals surface area (Å²) in [4.78, 5) is 0. The van der Waals surface area contributed by atoms with Crippen molar-refractivity contribution in [2.24, 2.45) is 0 Å². The molecule has 14 heavy (non-hydrogen) atoms. The molecule has 0 bridgehead atoms. The fourth-order valence-electron chi connectivity index (χ4n) is 1.71. The van der Waals surface area contributed by atoms with Crippen LogP contribution in [0.15, 0.2) is 35.3 Å². The van der Waals surface area contributed by atoms with Gasteiger partial charge in [0.2, 0.25) is 0 Å². The van der Waals surface area contributed by atoms with Crippen molar-refractivity contribution in [2.45, 2.75) is 20.3 Å². The Hall–Kier alpha value is -1.50. The number of allylic oxidation sites excluding steroid dienone is 1. The molecule has 1 heteroatoms. The molecule has 0 saturated carbocycles. The molecule has 1 aromatic carbocycles. The molecule has 0 unspecified atom stereocenters. The van der Waals surface area contributed by atoms with Gasteiger partial charge in [-0.2, -0.15) is 0 Å². The standard InChI is InChI=1S/C13H14O/c1-4-5-12-10(3)11-7-6-9(2)8-13(11)14-12/h4,6-8H,1,5H2,2-3H3. The summed E-state index contributed by atoms with van der Waals surface area (Å²) >= 11 is 0. The van der Waals surface area contributed by atoms with Crippen LogP contribution in [0.2, 0.25) is 0 Å². The Morgan fingerprint density at radius 2 is 2.14 bits per heavy atom. The van der Waals surface area contributed by atoms with Crippen LogP contribution in [-0.4, -0.2) is 0 Å². The molecule has 2 aromatic rings. The summed E-state index contributed by atoms with van der Waals surface area (Å²) in [6, 6.07) is 6.31. The van der Waals surface area contributed by atoms with E-state index in [1.807, 2.05) is 6.08 Å². The molecule has 0 saturated heterocycles. The quantitative estimate of drug-likeness (QED) is 0.650. The lowest BCUT2D eigenvalue weighted by Gasteiger charge is -1.91. The third-order valence-corrected chi connectivity index (χ3v) is 2.52. The van der Waals surface area contributed by atoms with Crippen molar-refractivity contribution < 1.29 is 4.42 Å². The number of rotatable bonds is 2. The third-order valence-electron chi connectivity index (χ3n) is 2.52. The van der Waals surface area contributed by atoms with Gasteiger partial charge in [0.15, 0.2) is 0 Å². The van der Waals surface area contributed by atoms with Gasteiger partial charge in [-0.3, -0.25) is 0 Å². The van der Waals surface area contributed by atoms with E-state index in [1.165, 1.54) is 16.5 Å². The van der Waals surface area contributed by atoms with E-state index in [2.05, 4.69) is 38.6 Å². The summed E-state index contributed by atoms with van der Waals surface area (Å²) in [6.07, 6.45) is 2.68. The summed E-state index contributed by atoms with van der Waals surface area (Å²) in [7, 11) is 0. The predicted molar refractivity (Wildman–Crippen MR) is 59.6 cm³/mol. The lowest BCUT2D eigenvalue weighted by atomic mass is 10.1. The highest BCUT2D eigenvalue weighted by Crippen LogP contribution is 2.26. The smallest absolute Gasteiger partial charge is 0.134 e. The zero-order chi connectivity index (χ0) is 10.1. The van der Waals surface area contributed by atoms with Gasteiger partial charge in [0.1, 0.15) is 11.3 Å². The average molecular weight is 186 g/mol. The maximum atomic E-state index is 5.75. The largest absolute Gasteiger partial charge is 0.460 e. The molecule has 0 aliphatic carbocycles. The number of furan rings is 1. The monoisotopic (exact) mass is 186 g/mol. The second-order valence-electron chi connectivity index (χ2n) is 3.64. The topological polar surface area (TPSA) is 13.1 Å². The molecule has 0 fully saturated rings. The minimum Gasteiger partial charge on any atom is -0.460 e. The van der Waals surface area contributed by atoms with Crippen molar-refractivity contribution in [3.8, 4) is 0 Å². The summed E-state index contributed by atoms with van der Waals surface area (Å²) in [5, 5.41) is 1.22. The molecule has 1 heterocycles. The van der Waals surface area contributed by atoms with Crippen LogP contribution in [0, 0.1) is 13.8 Å². The van der Waals surface area contributed by atoms with Crippen LogP contribution in [0.25, 0.3) is 11.0 Å².